The van der Waals surface area contributed by atoms with Crippen molar-refractivity contribution in [3.05, 3.63) is 54.1 Å². The number of likely N-dealkylation sites (tertiary alicyclic amines) is 1. The molecule has 0 radical (unpaired) electrons. The van der Waals surface area contributed by atoms with Crippen molar-refractivity contribution in [1.29, 1.82) is 0 Å². The summed E-state index contributed by atoms with van der Waals surface area (Å²) in [5, 5.41) is 3.74. The summed E-state index contributed by atoms with van der Waals surface area (Å²) in [7, 11) is -3.26. The van der Waals surface area contributed by atoms with E-state index in [0.717, 1.165) is 37.1 Å². The number of aromatic nitrogens is 2. The third-order valence-electron chi connectivity index (χ3n) is 8.07. The minimum Gasteiger partial charge on any atom is -0.311 e. The topological polar surface area (TPSA) is 66.7 Å². The van der Waals surface area contributed by atoms with E-state index in [-0.39, 0.29) is 35.5 Å². The highest BCUT2D eigenvalue weighted by atomic mass is 35.5. The van der Waals surface area contributed by atoms with Crippen LogP contribution in [0.25, 0.3) is 16.9 Å². The number of hydrogen-bond acceptors (Lipinski definition) is 5. The number of piperidine rings is 2. The highest BCUT2D eigenvalue weighted by molar-refractivity contribution is 7.90. The fraction of sp³-hybridized carbons (Fsp3) is 0.500. The molecule has 0 saturated carbocycles. The first-order valence-electron chi connectivity index (χ1n) is 12.3. The summed E-state index contributed by atoms with van der Waals surface area (Å²) in [5.74, 6) is 0.0438. The standard InChI is InChI=1S/C26H31FN4O2S.2ClH/c1-34(32,33)23-6-2-18(3-7-23)25-16-31-15-19(12-24(27)26(31)29-25)17-8-10-30(11-9-17)22-13-20-4-5-21(14-22)28-20;;/h2-3,6-7,12,15-17,20-22,28H,4-5,8-11,13-14H2,1H3;2*1H. The molecule has 5 heterocycles. The number of pyridine rings is 1. The van der Waals surface area contributed by atoms with Crippen molar-refractivity contribution >= 4 is 40.3 Å². The summed E-state index contributed by atoms with van der Waals surface area (Å²) in [6, 6.07) is 10.3. The lowest BCUT2D eigenvalue weighted by atomic mass is 9.88. The van der Waals surface area contributed by atoms with Gasteiger partial charge in [-0.3, -0.25) is 0 Å². The van der Waals surface area contributed by atoms with E-state index < -0.39 is 9.84 Å². The number of nitrogens with one attached hydrogen (secondary N) is 1. The first kappa shape index (κ1) is 27.3. The van der Waals surface area contributed by atoms with Crippen molar-refractivity contribution in [1.82, 2.24) is 19.6 Å². The molecular weight excluding hydrogens is 522 g/mol. The molecular formula is C26H33Cl2FN4O2S. The Morgan fingerprint density at radius 2 is 1.61 bits per heavy atom. The number of imidazole rings is 1. The van der Waals surface area contributed by atoms with Crippen LogP contribution in [0.15, 0.2) is 47.6 Å². The van der Waals surface area contributed by atoms with Crippen LogP contribution in [0.3, 0.4) is 0 Å². The molecule has 3 aliphatic heterocycles. The molecule has 6 rings (SSSR count). The second-order valence-electron chi connectivity index (χ2n) is 10.3. The first-order chi connectivity index (χ1) is 16.3. The van der Waals surface area contributed by atoms with Gasteiger partial charge in [-0.15, -0.1) is 24.8 Å². The normalized spacial score (nSPS) is 24.9. The van der Waals surface area contributed by atoms with E-state index in [9.17, 15) is 8.42 Å². The molecule has 2 aromatic heterocycles. The maximum Gasteiger partial charge on any atom is 0.175 e. The van der Waals surface area contributed by atoms with Crippen molar-refractivity contribution < 1.29 is 12.8 Å². The molecule has 36 heavy (non-hydrogen) atoms. The van der Waals surface area contributed by atoms with Gasteiger partial charge in [0.05, 0.1) is 10.6 Å². The Kier molecular flexibility index (Phi) is 8.03. The molecule has 2 bridgehead atoms. The fourth-order valence-corrected chi connectivity index (χ4v) is 6.87. The smallest absolute Gasteiger partial charge is 0.175 e. The Hall–Kier alpha value is -1.71. The number of nitrogens with zero attached hydrogens (tertiary/aromatic N) is 3. The molecule has 2 atom stereocenters. The van der Waals surface area contributed by atoms with E-state index in [1.54, 1.807) is 34.7 Å². The van der Waals surface area contributed by atoms with Crippen molar-refractivity contribution in [3.63, 3.8) is 0 Å². The zero-order valence-electron chi connectivity index (χ0n) is 20.3. The largest absolute Gasteiger partial charge is 0.311 e. The minimum atomic E-state index is -3.26. The molecule has 0 spiro atoms. The van der Waals surface area contributed by atoms with Crippen molar-refractivity contribution in [2.45, 2.75) is 67.5 Å². The molecule has 0 aliphatic carbocycles. The Bertz CT molecular complexity index is 1310. The monoisotopic (exact) mass is 554 g/mol. The second-order valence-corrected chi connectivity index (χ2v) is 12.4. The Labute approximate surface area is 224 Å². The SMILES string of the molecule is CS(=O)(=O)c1ccc(-c2cn3cc(C4CCN(C5CC6CCC(C5)N6)CC4)cc(F)c3n2)cc1.Cl.Cl. The number of rotatable bonds is 4. The third kappa shape index (κ3) is 5.29. The Balaban J connectivity index is 0.00000152. The Morgan fingerprint density at radius 3 is 2.22 bits per heavy atom. The van der Waals surface area contributed by atoms with Crippen LogP contribution >= 0.6 is 24.8 Å². The number of hydrogen-bond donors (Lipinski definition) is 1. The fourth-order valence-electron chi connectivity index (χ4n) is 6.24. The van der Waals surface area contributed by atoms with Crippen LogP contribution in [-0.4, -0.2) is 60.2 Å². The molecule has 3 fully saturated rings. The highest BCUT2D eigenvalue weighted by Gasteiger charge is 2.37. The number of benzene rings is 1. The van der Waals surface area contributed by atoms with E-state index in [1.165, 1.54) is 31.9 Å². The van der Waals surface area contributed by atoms with Crippen LogP contribution in [0.1, 0.15) is 50.0 Å². The summed E-state index contributed by atoms with van der Waals surface area (Å²) >= 11 is 0. The zero-order valence-corrected chi connectivity index (χ0v) is 22.7. The van der Waals surface area contributed by atoms with E-state index in [0.29, 0.717) is 35.4 Å². The van der Waals surface area contributed by atoms with E-state index in [2.05, 4.69) is 15.2 Å². The molecule has 196 valence electrons. The van der Waals surface area contributed by atoms with Crippen molar-refractivity contribution in [2.24, 2.45) is 0 Å². The zero-order chi connectivity index (χ0) is 23.4. The summed E-state index contributed by atoms with van der Waals surface area (Å²) in [6.07, 6.45) is 12.3. The van der Waals surface area contributed by atoms with E-state index >= 15 is 4.39 Å². The van der Waals surface area contributed by atoms with Crippen LogP contribution in [0.5, 0.6) is 0 Å². The lowest BCUT2D eigenvalue weighted by molar-refractivity contribution is 0.111. The molecule has 6 nitrogen and oxygen atoms in total. The van der Waals surface area contributed by atoms with Crippen molar-refractivity contribution in [3.8, 4) is 11.3 Å². The maximum atomic E-state index is 15.0. The average molecular weight is 556 g/mol. The predicted octanol–water partition coefficient (Wildman–Crippen LogP) is 4.85. The van der Waals surface area contributed by atoms with Crippen molar-refractivity contribution in [2.75, 3.05) is 19.3 Å². The van der Waals surface area contributed by atoms with Gasteiger partial charge in [0.25, 0.3) is 0 Å². The molecule has 3 aliphatic rings. The molecule has 3 saturated heterocycles. The minimum absolute atomic E-state index is 0. The van der Waals surface area contributed by atoms with Gasteiger partial charge < -0.3 is 14.6 Å². The van der Waals surface area contributed by atoms with Gasteiger partial charge in [-0.1, -0.05) is 12.1 Å². The Morgan fingerprint density at radius 1 is 0.972 bits per heavy atom. The second kappa shape index (κ2) is 10.6. The molecule has 1 aromatic carbocycles. The molecule has 0 amide bonds. The molecule has 10 heteroatoms. The lowest BCUT2D eigenvalue weighted by Gasteiger charge is -2.41. The summed E-state index contributed by atoms with van der Waals surface area (Å²) < 4.78 is 40.3. The molecule has 3 aromatic rings. The number of halogens is 3. The third-order valence-corrected chi connectivity index (χ3v) is 9.20. The van der Waals surface area contributed by atoms with Gasteiger partial charge in [0.2, 0.25) is 0 Å². The van der Waals surface area contributed by atoms with Crippen LogP contribution in [-0.2, 0) is 9.84 Å². The van der Waals surface area contributed by atoms with Crippen LogP contribution in [0, 0.1) is 5.82 Å². The predicted molar refractivity (Wildman–Crippen MR) is 145 cm³/mol. The van der Waals surface area contributed by atoms with E-state index in [4.69, 9.17) is 0 Å². The maximum absolute atomic E-state index is 15.0. The van der Waals surface area contributed by atoms with Gasteiger partial charge >= 0.3 is 0 Å². The number of fused-ring (bicyclic) bond motifs is 3. The van der Waals surface area contributed by atoms with Gasteiger partial charge in [-0.25, -0.2) is 17.8 Å². The molecule has 2 unspecified atom stereocenters. The van der Waals surface area contributed by atoms with Gasteiger partial charge in [-0.05, 0) is 81.3 Å². The molecule has 1 N–H and O–H groups in total. The van der Waals surface area contributed by atoms with E-state index in [1.807, 2.05) is 12.4 Å². The van der Waals surface area contributed by atoms with Gasteiger partial charge in [-0.2, -0.15) is 0 Å². The van der Waals surface area contributed by atoms with Crippen LogP contribution in [0.2, 0.25) is 0 Å². The summed E-state index contributed by atoms with van der Waals surface area (Å²) in [6.45, 7) is 2.16. The van der Waals surface area contributed by atoms with Gasteiger partial charge in [0.15, 0.2) is 21.3 Å². The van der Waals surface area contributed by atoms with Crippen LogP contribution < -0.4 is 5.32 Å². The van der Waals surface area contributed by atoms with Gasteiger partial charge in [0, 0.05) is 42.3 Å². The first-order valence-corrected chi connectivity index (χ1v) is 14.2. The quantitative estimate of drug-likeness (QED) is 0.499. The summed E-state index contributed by atoms with van der Waals surface area (Å²) in [4.78, 5) is 7.41. The van der Waals surface area contributed by atoms with Gasteiger partial charge in [0.1, 0.15) is 0 Å². The highest BCUT2D eigenvalue weighted by Crippen LogP contribution is 2.35. The average Bonchev–Trinajstić information content (AvgIpc) is 3.41. The lowest BCUT2D eigenvalue weighted by Crippen LogP contribution is -2.50. The number of sulfone groups is 1. The summed E-state index contributed by atoms with van der Waals surface area (Å²) in [5.41, 5.74) is 2.73. The van der Waals surface area contributed by atoms with Crippen LogP contribution in [0.4, 0.5) is 4.39 Å².